The summed E-state index contributed by atoms with van der Waals surface area (Å²) in [4.78, 5) is 0. The third-order valence-corrected chi connectivity index (χ3v) is 1.28. The van der Waals surface area contributed by atoms with Crippen molar-refractivity contribution in [1.29, 1.82) is 0 Å². The fourth-order valence-corrected chi connectivity index (χ4v) is 0.728. The van der Waals surface area contributed by atoms with Gasteiger partial charge in [0.05, 0.1) is 0 Å². The molecule has 1 nitrogen and oxygen atoms in total. The Morgan fingerprint density at radius 2 is 1.78 bits per heavy atom. The van der Waals surface area contributed by atoms with Crippen molar-refractivity contribution in [1.82, 2.24) is 0 Å². The van der Waals surface area contributed by atoms with Crippen LogP contribution in [0.1, 0.15) is 32.1 Å². The Kier molecular flexibility index (Phi) is 7.44. The van der Waals surface area contributed by atoms with Gasteiger partial charge in [-0.25, -0.2) is 0 Å². The Bertz CT molecular complexity index is 59.6. The van der Waals surface area contributed by atoms with Crippen LogP contribution >= 0.6 is 0 Å². The van der Waals surface area contributed by atoms with Gasteiger partial charge >= 0.3 is 0 Å². The molecule has 53 valence electrons. The topological polar surface area (TPSA) is 20.2 Å². The molecule has 0 saturated carbocycles. The molecule has 0 atom stereocenters. The molecule has 1 heteroatoms. The maximum absolute atomic E-state index is 8.39. The highest BCUT2D eigenvalue weighted by Gasteiger charge is 1.85. The van der Waals surface area contributed by atoms with Crippen molar-refractivity contribution in [3.8, 4) is 0 Å². The van der Waals surface area contributed by atoms with Crippen LogP contribution in [0.15, 0.2) is 6.08 Å². The van der Waals surface area contributed by atoms with E-state index in [1.807, 2.05) is 0 Å². The molecular formula is C8H15O. The number of unbranched alkanes of at least 4 members (excludes halogenated alkanes) is 4. The van der Waals surface area contributed by atoms with E-state index in [4.69, 9.17) is 11.7 Å². The molecule has 0 heterocycles. The van der Waals surface area contributed by atoms with E-state index in [2.05, 4.69) is 0 Å². The smallest absolute Gasteiger partial charge is 0.0431 e. The zero-order chi connectivity index (χ0) is 6.95. The zero-order valence-corrected chi connectivity index (χ0v) is 5.84. The molecule has 0 aliphatic heterocycles. The predicted molar refractivity (Wildman–Crippen MR) is 39.0 cm³/mol. The molecule has 0 spiro atoms. The molecule has 1 radical (unpaired) electrons. The number of allylic oxidation sites excluding steroid dienone is 1. The van der Waals surface area contributed by atoms with Gasteiger partial charge in [0.1, 0.15) is 0 Å². The van der Waals surface area contributed by atoms with E-state index in [0.29, 0.717) is 6.61 Å². The molecule has 0 fully saturated rings. The lowest BCUT2D eigenvalue weighted by Crippen LogP contribution is -1.82. The fraction of sp³-hybridized carbons (Fsp3) is 0.750. The van der Waals surface area contributed by atoms with Crippen LogP contribution in [0.3, 0.4) is 0 Å². The first-order valence-corrected chi connectivity index (χ1v) is 3.56. The fourth-order valence-electron chi connectivity index (χ4n) is 0.728. The van der Waals surface area contributed by atoms with Crippen molar-refractivity contribution in [3.63, 3.8) is 0 Å². The Morgan fingerprint density at radius 3 is 2.33 bits per heavy atom. The number of rotatable bonds is 6. The highest BCUT2D eigenvalue weighted by atomic mass is 16.2. The molecule has 0 aliphatic carbocycles. The maximum atomic E-state index is 8.39. The van der Waals surface area contributed by atoms with Gasteiger partial charge in [0.2, 0.25) is 0 Å². The summed E-state index contributed by atoms with van der Waals surface area (Å²) in [5.41, 5.74) is 0. The summed E-state index contributed by atoms with van der Waals surface area (Å²) in [5, 5.41) is 8.39. The van der Waals surface area contributed by atoms with Crippen molar-refractivity contribution < 1.29 is 5.11 Å². The van der Waals surface area contributed by atoms with Gasteiger partial charge in [0, 0.05) is 6.61 Å². The van der Waals surface area contributed by atoms with Crippen LogP contribution in [0.4, 0.5) is 0 Å². The SMILES string of the molecule is [CH]=CCCCCCCO. The summed E-state index contributed by atoms with van der Waals surface area (Å²) in [6.07, 6.45) is 7.12. The minimum atomic E-state index is 0.326. The Labute approximate surface area is 57.4 Å². The van der Waals surface area contributed by atoms with Crippen LogP contribution in [-0.4, -0.2) is 11.7 Å². The highest BCUT2D eigenvalue weighted by molar-refractivity contribution is 4.61. The van der Waals surface area contributed by atoms with E-state index in [9.17, 15) is 0 Å². The van der Waals surface area contributed by atoms with E-state index in [1.165, 1.54) is 6.42 Å². The lowest BCUT2D eigenvalue weighted by Gasteiger charge is -1.94. The van der Waals surface area contributed by atoms with Crippen LogP contribution in [0.25, 0.3) is 0 Å². The van der Waals surface area contributed by atoms with Gasteiger partial charge in [-0.05, 0) is 19.3 Å². The van der Waals surface area contributed by atoms with E-state index in [-0.39, 0.29) is 0 Å². The van der Waals surface area contributed by atoms with Gasteiger partial charge in [0.25, 0.3) is 0 Å². The largest absolute Gasteiger partial charge is 0.396 e. The molecule has 0 saturated heterocycles. The van der Waals surface area contributed by atoms with E-state index < -0.39 is 0 Å². The first kappa shape index (κ1) is 8.70. The van der Waals surface area contributed by atoms with Crippen LogP contribution < -0.4 is 0 Å². The Hall–Kier alpha value is -0.300. The predicted octanol–water partition coefficient (Wildman–Crippen LogP) is 1.92. The second-order valence-electron chi connectivity index (χ2n) is 2.16. The average Bonchev–Trinajstić information content (AvgIpc) is 1.89. The van der Waals surface area contributed by atoms with Crippen molar-refractivity contribution in [2.45, 2.75) is 32.1 Å². The first-order chi connectivity index (χ1) is 4.41. The molecule has 0 aromatic rings. The normalized spacial score (nSPS) is 9.44. The van der Waals surface area contributed by atoms with Gasteiger partial charge in [-0.1, -0.05) is 25.5 Å². The molecule has 0 aliphatic rings. The van der Waals surface area contributed by atoms with Crippen LogP contribution in [-0.2, 0) is 0 Å². The number of hydrogen-bond acceptors (Lipinski definition) is 1. The van der Waals surface area contributed by atoms with E-state index in [1.54, 1.807) is 6.08 Å². The minimum Gasteiger partial charge on any atom is -0.396 e. The van der Waals surface area contributed by atoms with Gasteiger partial charge in [-0.15, -0.1) is 0 Å². The first-order valence-electron chi connectivity index (χ1n) is 3.56. The molecule has 9 heavy (non-hydrogen) atoms. The Balaban J connectivity index is 2.66. The van der Waals surface area contributed by atoms with Crippen LogP contribution in [0, 0.1) is 6.58 Å². The highest BCUT2D eigenvalue weighted by Crippen LogP contribution is 2.01. The number of aliphatic hydroxyl groups excluding tert-OH is 1. The summed E-state index contributed by atoms with van der Waals surface area (Å²) < 4.78 is 0. The van der Waals surface area contributed by atoms with Crippen LogP contribution in [0.2, 0.25) is 0 Å². The van der Waals surface area contributed by atoms with Gasteiger partial charge in [0.15, 0.2) is 0 Å². The summed E-state index contributed by atoms with van der Waals surface area (Å²) in [6, 6.07) is 0. The van der Waals surface area contributed by atoms with Gasteiger partial charge in [-0.3, -0.25) is 0 Å². The third kappa shape index (κ3) is 7.70. The molecule has 0 rings (SSSR count). The quantitative estimate of drug-likeness (QED) is 0.540. The third-order valence-electron chi connectivity index (χ3n) is 1.28. The van der Waals surface area contributed by atoms with E-state index >= 15 is 0 Å². The number of aliphatic hydroxyl groups is 1. The monoisotopic (exact) mass is 127 g/mol. The molecule has 0 unspecified atom stereocenters. The maximum Gasteiger partial charge on any atom is 0.0431 e. The average molecular weight is 127 g/mol. The summed E-state index contributed by atoms with van der Waals surface area (Å²) in [5.74, 6) is 0. The van der Waals surface area contributed by atoms with Gasteiger partial charge in [-0.2, -0.15) is 0 Å². The lowest BCUT2D eigenvalue weighted by atomic mass is 10.1. The molecule has 0 bridgehead atoms. The molecular weight excluding hydrogens is 112 g/mol. The van der Waals surface area contributed by atoms with Gasteiger partial charge < -0.3 is 5.11 Å². The van der Waals surface area contributed by atoms with Crippen molar-refractivity contribution in [2.24, 2.45) is 0 Å². The summed E-state index contributed by atoms with van der Waals surface area (Å²) in [6.45, 7) is 5.49. The summed E-state index contributed by atoms with van der Waals surface area (Å²) >= 11 is 0. The standard InChI is InChI=1S/C8H15O/c1-2-3-4-5-6-7-8-9/h1-2,9H,3-8H2. The molecule has 0 amide bonds. The van der Waals surface area contributed by atoms with E-state index in [0.717, 1.165) is 25.7 Å². The summed E-state index contributed by atoms with van der Waals surface area (Å²) in [7, 11) is 0. The molecule has 0 aromatic carbocycles. The second kappa shape index (κ2) is 7.70. The van der Waals surface area contributed by atoms with Crippen LogP contribution in [0.5, 0.6) is 0 Å². The molecule has 1 N–H and O–H groups in total. The number of hydrogen-bond donors (Lipinski definition) is 1. The zero-order valence-electron chi connectivity index (χ0n) is 5.84. The lowest BCUT2D eigenvalue weighted by molar-refractivity contribution is 0.282. The minimum absolute atomic E-state index is 0.326. The Morgan fingerprint density at radius 1 is 1.11 bits per heavy atom. The second-order valence-corrected chi connectivity index (χ2v) is 2.16. The van der Waals surface area contributed by atoms with Crippen molar-refractivity contribution in [2.75, 3.05) is 6.61 Å². The van der Waals surface area contributed by atoms with Crippen molar-refractivity contribution >= 4 is 0 Å². The van der Waals surface area contributed by atoms with Crippen molar-refractivity contribution in [3.05, 3.63) is 12.7 Å². The molecule has 0 aromatic heterocycles.